The molecule has 68 valence electrons. The van der Waals surface area contributed by atoms with Gasteiger partial charge >= 0.3 is 0 Å². The molecule has 1 atom stereocenters. The summed E-state index contributed by atoms with van der Waals surface area (Å²) in [5.41, 5.74) is 0. The maximum absolute atomic E-state index is 9.90. The second-order valence-corrected chi connectivity index (χ2v) is 14.1. The molecule has 0 aliphatic heterocycles. The number of rotatable bonds is 5. The van der Waals surface area contributed by atoms with Gasteiger partial charge in [0.1, 0.15) is -0.565 Å². The SMILES string of the molecule is O=S([O-])OCCCC(I)(I)I. The number of halogens is 3. The van der Waals surface area contributed by atoms with Gasteiger partial charge in [0, 0.05) is 0 Å². The first-order valence-electron chi connectivity index (χ1n) is 2.71. The van der Waals surface area contributed by atoms with Crippen molar-refractivity contribution >= 4 is 79.1 Å². The van der Waals surface area contributed by atoms with Crippen molar-refractivity contribution in [3.05, 3.63) is 0 Å². The van der Waals surface area contributed by atoms with E-state index >= 15 is 0 Å². The molecule has 3 nitrogen and oxygen atoms in total. The summed E-state index contributed by atoms with van der Waals surface area (Å²) in [6.07, 6.45) is 1.70. The van der Waals surface area contributed by atoms with E-state index < -0.39 is 11.4 Å². The fourth-order valence-corrected chi connectivity index (χ4v) is 1.80. The van der Waals surface area contributed by atoms with E-state index in [0.29, 0.717) is 0 Å². The first kappa shape index (κ1) is 13.3. The summed E-state index contributed by atoms with van der Waals surface area (Å²) in [6, 6.07) is 0. The lowest BCUT2D eigenvalue weighted by Crippen LogP contribution is -2.03. The normalized spacial score (nSPS) is 14.9. The third-order valence-electron chi connectivity index (χ3n) is 0.784. The Bertz CT molecular complexity index is 135. The van der Waals surface area contributed by atoms with Crippen molar-refractivity contribution in [2.75, 3.05) is 6.61 Å². The summed E-state index contributed by atoms with van der Waals surface area (Å²) < 4.78 is 24.3. The summed E-state index contributed by atoms with van der Waals surface area (Å²) in [5, 5.41) is 0. The first-order valence-corrected chi connectivity index (χ1v) is 6.95. The van der Waals surface area contributed by atoms with Gasteiger partial charge in [-0.2, -0.15) is 0 Å². The number of hydrogen-bond donors (Lipinski definition) is 0. The molecule has 0 radical (unpaired) electrons. The third-order valence-corrected chi connectivity index (χ3v) is 2.76. The van der Waals surface area contributed by atoms with Crippen LogP contribution in [0.4, 0.5) is 0 Å². The Balaban J connectivity index is 3.22. The van der Waals surface area contributed by atoms with E-state index in [2.05, 4.69) is 72.0 Å². The summed E-state index contributed by atoms with van der Waals surface area (Å²) in [4.78, 5) is 0. The van der Waals surface area contributed by atoms with Crippen LogP contribution in [0.1, 0.15) is 12.8 Å². The smallest absolute Gasteiger partial charge is 0.124 e. The topological polar surface area (TPSA) is 49.4 Å². The molecule has 0 aromatic carbocycles. The van der Waals surface area contributed by atoms with Crippen LogP contribution in [0.25, 0.3) is 0 Å². The highest BCUT2D eigenvalue weighted by molar-refractivity contribution is 14.3. The van der Waals surface area contributed by atoms with Crippen molar-refractivity contribution < 1.29 is 12.9 Å². The monoisotopic (exact) mass is 515 g/mol. The highest BCUT2D eigenvalue weighted by atomic mass is 127. The van der Waals surface area contributed by atoms with Crippen LogP contribution in [0.3, 0.4) is 0 Å². The van der Waals surface area contributed by atoms with E-state index in [-0.39, 0.29) is 6.04 Å². The van der Waals surface area contributed by atoms with Gasteiger partial charge in [0.15, 0.2) is 0 Å². The molecular formula is C4H6I3O3S-. The molecule has 0 aliphatic rings. The van der Waals surface area contributed by atoms with E-state index in [4.69, 9.17) is 0 Å². The Labute approximate surface area is 109 Å². The Kier molecular flexibility index (Phi) is 8.05. The maximum atomic E-state index is 9.90. The van der Waals surface area contributed by atoms with Crippen LogP contribution < -0.4 is 0 Å². The molecule has 7 heteroatoms. The minimum atomic E-state index is -2.35. The number of hydrogen-bond acceptors (Lipinski definition) is 3. The summed E-state index contributed by atoms with van der Waals surface area (Å²) in [5.74, 6) is 0. The van der Waals surface area contributed by atoms with Crippen molar-refractivity contribution in [3.8, 4) is 0 Å². The molecule has 0 fully saturated rings. The zero-order valence-electron chi connectivity index (χ0n) is 5.39. The highest BCUT2D eigenvalue weighted by Crippen LogP contribution is 2.39. The van der Waals surface area contributed by atoms with Gasteiger partial charge in [-0.15, -0.1) is 0 Å². The van der Waals surface area contributed by atoms with Gasteiger partial charge in [-0.05, 0) is 12.8 Å². The quantitative estimate of drug-likeness (QED) is 0.245. The molecule has 0 bridgehead atoms. The van der Waals surface area contributed by atoms with E-state index in [1.807, 2.05) is 0 Å². The predicted octanol–water partition coefficient (Wildman–Crippen LogP) is 2.54. The molecule has 0 saturated carbocycles. The van der Waals surface area contributed by atoms with Gasteiger partial charge in [-0.3, -0.25) is 0 Å². The second kappa shape index (κ2) is 6.68. The molecule has 0 spiro atoms. The van der Waals surface area contributed by atoms with Crippen molar-refractivity contribution in [1.29, 1.82) is 0 Å². The minimum Gasteiger partial charge on any atom is -0.750 e. The van der Waals surface area contributed by atoms with E-state index in [9.17, 15) is 8.76 Å². The largest absolute Gasteiger partial charge is 0.750 e. The summed E-state index contributed by atoms with van der Waals surface area (Å²) in [7, 11) is 0. The van der Waals surface area contributed by atoms with Crippen molar-refractivity contribution in [1.82, 2.24) is 0 Å². The fraction of sp³-hybridized carbons (Fsp3) is 1.00. The average molecular weight is 515 g/mol. The van der Waals surface area contributed by atoms with Crippen LogP contribution in [0.2, 0.25) is 0 Å². The second-order valence-electron chi connectivity index (χ2n) is 1.74. The van der Waals surface area contributed by atoms with Gasteiger partial charge in [0.25, 0.3) is 0 Å². The van der Waals surface area contributed by atoms with Crippen LogP contribution in [-0.4, -0.2) is 14.8 Å². The standard InChI is InChI=1S/C4H7I3O3S/c5-4(6,7)2-1-3-10-11(8)9/h1-3H2,(H,8,9)/p-1. The first-order chi connectivity index (χ1) is 4.92. The molecule has 0 aliphatic carbocycles. The minimum absolute atomic E-state index is 0.168. The average Bonchev–Trinajstić information content (AvgIpc) is 1.78. The molecule has 0 amide bonds. The van der Waals surface area contributed by atoms with E-state index in [1.54, 1.807) is 0 Å². The molecule has 1 unspecified atom stereocenters. The van der Waals surface area contributed by atoms with Crippen molar-refractivity contribution in [3.63, 3.8) is 0 Å². The third kappa shape index (κ3) is 12.3. The molecule has 0 aromatic heterocycles. The molecule has 0 rings (SSSR count). The van der Waals surface area contributed by atoms with Crippen molar-refractivity contribution in [2.24, 2.45) is 0 Å². The fourth-order valence-electron chi connectivity index (χ4n) is 0.400. The van der Waals surface area contributed by atoms with Crippen LogP contribution in [-0.2, 0) is 15.5 Å². The van der Waals surface area contributed by atoms with Gasteiger partial charge in [-0.25, -0.2) is 4.21 Å². The molecular weight excluding hydrogens is 509 g/mol. The van der Waals surface area contributed by atoms with Gasteiger partial charge < -0.3 is 8.74 Å². The Morgan fingerprint density at radius 3 is 2.36 bits per heavy atom. The lowest BCUT2D eigenvalue weighted by molar-refractivity contribution is 0.294. The Morgan fingerprint density at radius 2 is 2.00 bits per heavy atom. The zero-order valence-corrected chi connectivity index (χ0v) is 12.7. The lowest BCUT2D eigenvalue weighted by atomic mass is 10.4. The summed E-state index contributed by atoms with van der Waals surface area (Å²) >= 11 is 4.54. The van der Waals surface area contributed by atoms with E-state index in [0.717, 1.165) is 12.8 Å². The highest BCUT2D eigenvalue weighted by Gasteiger charge is 2.15. The Hall–Kier alpha value is 2.26. The van der Waals surface area contributed by atoms with Crippen LogP contribution in [0.5, 0.6) is 0 Å². The molecule has 0 heterocycles. The van der Waals surface area contributed by atoms with Crippen molar-refractivity contribution in [2.45, 2.75) is 12.3 Å². The van der Waals surface area contributed by atoms with Gasteiger partial charge in [0.05, 0.1) is 18.0 Å². The molecule has 11 heavy (non-hydrogen) atoms. The lowest BCUT2D eigenvalue weighted by Gasteiger charge is -2.11. The van der Waals surface area contributed by atoms with Crippen LogP contribution in [0.15, 0.2) is 0 Å². The molecule has 0 aromatic rings. The Morgan fingerprint density at radius 1 is 1.45 bits per heavy atom. The van der Waals surface area contributed by atoms with Crippen LogP contribution >= 0.6 is 67.8 Å². The van der Waals surface area contributed by atoms with E-state index in [1.165, 1.54) is 0 Å². The predicted molar refractivity (Wildman–Crippen MR) is 68.9 cm³/mol. The van der Waals surface area contributed by atoms with Gasteiger partial charge in [-0.1, -0.05) is 67.8 Å². The molecule has 0 N–H and O–H groups in total. The maximum Gasteiger partial charge on any atom is 0.124 e. The molecule has 0 saturated heterocycles. The number of alkyl halides is 3. The van der Waals surface area contributed by atoms with Gasteiger partial charge in [0.2, 0.25) is 0 Å². The van der Waals surface area contributed by atoms with Crippen LogP contribution in [0, 0.1) is 0 Å². The zero-order chi connectivity index (χ0) is 8.91. The summed E-state index contributed by atoms with van der Waals surface area (Å²) in [6.45, 7) is 0.285.